The minimum Gasteiger partial charge on any atom is -0.491 e. The number of benzene rings is 3. The molecule has 0 saturated carbocycles. The Bertz CT molecular complexity index is 1200. The van der Waals surface area contributed by atoms with Gasteiger partial charge in [0, 0.05) is 20.4 Å². The first-order valence-corrected chi connectivity index (χ1v) is 9.95. The van der Waals surface area contributed by atoms with Gasteiger partial charge >= 0.3 is 0 Å². The van der Waals surface area contributed by atoms with Gasteiger partial charge in [-0.1, -0.05) is 70.0 Å². The van der Waals surface area contributed by atoms with E-state index in [9.17, 15) is 4.79 Å². The molecule has 0 N–H and O–H groups in total. The summed E-state index contributed by atoms with van der Waals surface area (Å²) in [4.78, 5) is 13.4. The number of rotatable bonds is 4. The average Bonchev–Trinajstić information content (AvgIpc) is 2.71. The van der Waals surface area contributed by atoms with Gasteiger partial charge < -0.3 is 9.30 Å². The van der Waals surface area contributed by atoms with Crippen LogP contribution in [0.4, 0.5) is 0 Å². The molecule has 0 unspecified atom stereocenters. The van der Waals surface area contributed by atoms with E-state index in [-0.39, 0.29) is 5.56 Å². The molecule has 4 rings (SSSR count). The molecule has 140 valence electrons. The zero-order valence-corrected chi connectivity index (χ0v) is 17.5. The maximum absolute atomic E-state index is 13.4. The van der Waals surface area contributed by atoms with E-state index in [1.807, 2.05) is 72.8 Å². The third-order valence-corrected chi connectivity index (χ3v) is 5.47. The summed E-state index contributed by atoms with van der Waals surface area (Å²) >= 11 is 9.76. The van der Waals surface area contributed by atoms with E-state index in [4.69, 9.17) is 16.3 Å². The van der Waals surface area contributed by atoms with E-state index >= 15 is 0 Å². The second kappa shape index (κ2) is 7.82. The number of methoxy groups -OCH3 is 1. The van der Waals surface area contributed by atoms with E-state index in [2.05, 4.69) is 15.9 Å². The number of hydrogen-bond donors (Lipinski definition) is 0. The lowest BCUT2D eigenvalue weighted by Crippen LogP contribution is -2.23. The molecule has 3 nitrogen and oxygen atoms in total. The molecule has 0 bridgehead atoms. The molecule has 0 fully saturated rings. The van der Waals surface area contributed by atoms with Crippen LogP contribution >= 0.6 is 27.5 Å². The summed E-state index contributed by atoms with van der Waals surface area (Å²) in [7, 11) is 1.53. The molecule has 3 aromatic carbocycles. The summed E-state index contributed by atoms with van der Waals surface area (Å²) in [5, 5.41) is 1.49. The molecule has 0 saturated heterocycles. The molecule has 5 heteroatoms. The number of aromatic nitrogens is 1. The molecule has 1 aromatic heterocycles. The molecule has 0 aliphatic heterocycles. The number of fused-ring (bicyclic) bond motifs is 1. The Hall–Kier alpha value is -2.56. The van der Waals surface area contributed by atoms with Crippen LogP contribution in [0, 0.1) is 0 Å². The molecule has 0 aliphatic rings. The SMILES string of the molecule is COc1c(-c2ccccc2)c2cc(Cl)ccc2n(Cc2ccc(Br)cc2)c1=O. The highest BCUT2D eigenvalue weighted by atomic mass is 79.9. The van der Waals surface area contributed by atoms with Crippen LogP contribution in [0.15, 0.2) is 82.1 Å². The quantitative estimate of drug-likeness (QED) is 0.371. The van der Waals surface area contributed by atoms with Gasteiger partial charge in [0.15, 0.2) is 5.75 Å². The first-order chi connectivity index (χ1) is 13.6. The van der Waals surface area contributed by atoms with Gasteiger partial charge in [0.05, 0.1) is 19.2 Å². The lowest BCUT2D eigenvalue weighted by molar-refractivity contribution is 0.407. The van der Waals surface area contributed by atoms with Crippen LogP contribution in [0.5, 0.6) is 5.75 Å². The van der Waals surface area contributed by atoms with Crippen LogP contribution < -0.4 is 10.3 Å². The maximum Gasteiger partial charge on any atom is 0.294 e. The Morgan fingerprint density at radius 1 is 1.00 bits per heavy atom. The van der Waals surface area contributed by atoms with Crippen LogP contribution in [0.3, 0.4) is 0 Å². The van der Waals surface area contributed by atoms with Crippen molar-refractivity contribution in [1.29, 1.82) is 0 Å². The van der Waals surface area contributed by atoms with Crippen molar-refractivity contribution in [3.05, 3.63) is 98.2 Å². The van der Waals surface area contributed by atoms with E-state index in [0.717, 1.165) is 32.1 Å². The van der Waals surface area contributed by atoms with E-state index in [0.29, 0.717) is 17.3 Å². The fraction of sp³-hybridized carbons (Fsp3) is 0.0870. The maximum atomic E-state index is 13.4. The predicted octanol–water partition coefficient (Wildman–Crippen LogP) is 6.14. The van der Waals surface area contributed by atoms with Crippen LogP contribution in [0.2, 0.25) is 5.02 Å². The fourth-order valence-electron chi connectivity index (χ4n) is 3.42. The number of pyridine rings is 1. The Morgan fingerprint density at radius 2 is 1.71 bits per heavy atom. The minimum atomic E-state index is -0.168. The van der Waals surface area contributed by atoms with Crippen LogP contribution in [-0.4, -0.2) is 11.7 Å². The smallest absolute Gasteiger partial charge is 0.294 e. The van der Waals surface area contributed by atoms with Crippen LogP contribution in [-0.2, 0) is 6.54 Å². The summed E-state index contributed by atoms with van der Waals surface area (Å²) in [6.07, 6.45) is 0. The van der Waals surface area contributed by atoms with E-state index in [1.165, 1.54) is 7.11 Å². The fourth-order valence-corrected chi connectivity index (χ4v) is 3.85. The van der Waals surface area contributed by atoms with Crippen molar-refractivity contribution in [3.8, 4) is 16.9 Å². The third-order valence-electron chi connectivity index (χ3n) is 4.71. The molecule has 28 heavy (non-hydrogen) atoms. The summed E-state index contributed by atoms with van der Waals surface area (Å²) in [6.45, 7) is 0.440. The van der Waals surface area contributed by atoms with Crippen molar-refractivity contribution >= 4 is 38.4 Å². The molecule has 0 spiro atoms. The Balaban J connectivity index is 2.03. The highest BCUT2D eigenvalue weighted by molar-refractivity contribution is 9.10. The summed E-state index contributed by atoms with van der Waals surface area (Å²) in [5.74, 6) is 0.318. The van der Waals surface area contributed by atoms with Crippen molar-refractivity contribution in [2.75, 3.05) is 7.11 Å². The monoisotopic (exact) mass is 453 g/mol. The van der Waals surface area contributed by atoms with E-state index < -0.39 is 0 Å². The third kappa shape index (κ3) is 3.46. The number of halogens is 2. The van der Waals surface area contributed by atoms with Crippen molar-refractivity contribution in [2.24, 2.45) is 0 Å². The number of hydrogen-bond acceptors (Lipinski definition) is 2. The summed E-state index contributed by atoms with van der Waals surface area (Å²) < 4.78 is 8.33. The van der Waals surface area contributed by atoms with Gasteiger partial charge in [-0.3, -0.25) is 4.79 Å². The number of ether oxygens (including phenoxy) is 1. The highest BCUT2D eigenvalue weighted by Gasteiger charge is 2.19. The molecule has 1 heterocycles. The van der Waals surface area contributed by atoms with Crippen molar-refractivity contribution in [1.82, 2.24) is 4.57 Å². The zero-order chi connectivity index (χ0) is 19.7. The Morgan fingerprint density at radius 3 is 2.39 bits per heavy atom. The van der Waals surface area contributed by atoms with Crippen molar-refractivity contribution < 1.29 is 4.74 Å². The second-order valence-corrected chi connectivity index (χ2v) is 7.81. The van der Waals surface area contributed by atoms with Gasteiger partial charge in [-0.15, -0.1) is 0 Å². The zero-order valence-electron chi connectivity index (χ0n) is 15.2. The summed E-state index contributed by atoms with van der Waals surface area (Å²) in [5.41, 5.74) is 3.35. The Labute approximate surface area is 176 Å². The standard InChI is InChI=1S/C23H17BrClNO2/c1-28-22-21(16-5-3-2-4-6-16)19-13-18(25)11-12-20(19)26(23(22)27)14-15-7-9-17(24)10-8-15/h2-13H,14H2,1H3. The molecule has 0 radical (unpaired) electrons. The molecule has 0 aliphatic carbocycles. The normalized spacial score (nSPS) is 11.0. The van der Waals surface area contributed by atoms with E-state index in [1.54, 1.807) is 4.57 Å². The predicted molar refractivity (Wildman–Crippen MR) is 118 cm³/mol. The van der Waals surface area contributed by atoms with Crippen molar-refractivity contribution in [2.45, 2.75) is 6.54 Å². The second-order valence-electron chi connectivity index (χ2n) is 6.45. The average molecular weight is 455 g/mol. The molecule has 4 aromatic rings. The van der Waals surface area contributed by atoms with Gasteiger partial charge in [-0.25, -0.2) is 0 Å². The van der Waals surface area contributed by atoms with Gasteiger partial charge in [0.25, 0.3) is 5.56 Å². The molecular formula is C23H17BrClNO2. The topological polar surface area (TPSA) is 31.2 Å². The first kappa shape index (κ1) is 18.8. The van der Waals surface area contributed by atoms with Gasteiger partial charge in [-0.05, 0) is 41.5 Å². The Kier molecular flexibility index (Phi) is 5.25. The van der Waals surface area contributed by atoms with Gasteiger partial charge in [0.1, 0.15) is 0 Å². The minimum absolute atomic E-state index is 0.168. The summed E-state index contributed by atoms with van der Waals surface area (Å²) in [6, 6.07) is 23.3. The first-order valence-electron chi connectivity index (χ1n) is 8.78. The largest absolute Gasteiger partial charge is 0.491 e. The lowest BCUT2D eigenvalue weighted by atomic mass is 9.99. The molecular weight excluding hydrogens is 438 g/mol. The molecule has 0 atom stereocenters. The van der Waals surface area contributed by atoms with Crippen LogP contribution in [0.25, 0.3) is 22.0 Å². The van der Waals surface area contributed by atoms with Crippen LogP contribution in [0.1, 0.15) is 5.56 Å². The van der Waals surface area contributed by atoms with Gasteiger partial charge in [-0.2, -0.15) is 0 Å². The van der Waals surface area contributed by atoms with Crippen molar-refractivity contribution in [3.63, 3.8) is 0 Å². The molecule has 0 amide bonds. The van der Waals surface area contributed by atoms with Gasteiger partial charge in [0.2, 0.25) is 0 Å². The highest BCUT2D eigenvalue weighted by Crippen LogP contribution is 2.36. The lowest BCUT2D eigenvalue weighted by Gasteiger charge is -2.18. The number of nitrogens with zero attached hydrogens (tertiary/aromatic N) is 1.